The zero-order valence-corrected chi connectivity index (χ0v) is 22.7. The fourth-order valence-corrected chi connectivity index (χ4v) is 5.56. The molecule has 1 saturated carbocycles. The Balaban J connectivity index is 1.08. The maximum atomic E-state index is 13.7. The number of piperidine rings is 1. The van der Waals surface area contributed by atoms with Gasteiger partial charge in [-0.15, -0.1) is 0 Å². The first-order chi connectivity index (χ1) is 18.9. The number of para-hydroxylation sites is 2. The van der Waals surface area contributed by atoms with E-state index in [1.807, 2.05) is 56.4 Å². The molecule has 1 saturated heterocycles. The number of aryl methyl sites for hydroxylation is 2. The van der Waals surface area contributed by atoms with E-state index in [9.17, 15) is 9.59 Å². The van der Waals surface area contributed by atoms with Crippen LogP contribution in [0, 0.1) is 12.8 Å². The first-order valence-corrected chi connectivity index (χ1v) is 13.9. The normalized spacial score (nSPS) is 17.5. The van der Waals surface area contributed by atoms with Crippen LogP contribution in [0.25, 0.3) is 0 Å². The zero-order valence-electron chi connectivity index (χ0n) is 22.7. The lowest BCUT2D eigenvalue weighted by Crippen LogP contribution is -2.40. The van der Waals surface area contributed by atoms with Gasteiger partial charge in [0.25, 0.3) is 5.91 Å². The predicted octanol–water partition coefficient (Wildman–Crippen LogP) is 4.73. The van der Waals surface area contributed by atoms with Crippen LogP contribution < -0.4 is 15.5 Å². The van der Waals surface area contributed by atoms with E-state index in [2.05, 4.69) is 20.6 Å². The molecule has 2 aliphatic heterocycles. The molecule has 3 heterocycles. The quantitative estimate of drug-likeness (QED) is 0.481. The van der Waals surface area contributed by atoms with Crippen LogP contribution >= 0.6 is 0 Å². The fourth-order valence-electron chi connectivity index (χ4n) is 5.56. The molecule has 0 unspecified atom stereocenters. The van der Waals surface area contributed by atoms with Crippen molar-refractivity contribution >= 4 is 29.2 Å². The van der Waals surface area contributed by atoms with Gasteiger partial charge in [0.05, 0.1) is 24.1 Å². The average molecular weight is 529 g/mol. The van der Waals surface area contributed by atoms with E-state index in [0.29, 0.717) is 18.7 Å². The Kier molecular flexibility index (Phi) is 6.99. The van der Waals surface area contributed by atoms with Crippen molar-refractivity contribution in [1.29, 1.82) is 0 Å². The smallest absolute Gasteiger partial charge is 0.407 e. The third kappa shape index (κ3) is 5.63. The third-order valence-electron chi connectivity index (χ3n) is 8.07. The molecular formula is C30H36N6O3. The van der Waals surface area contributed by atoms with Gasteiger partial charge in [-0.3, -0.25) is 9.48 Å². The van der Waals surface area contributed by atoms with E-state index < -0.39 is 0 Å². The number of fused-ring (bicyclic) bond motifs is 2. The van der Waals surface area contributed by atoms with E-state index in [4.69, 9.17) is 4.74 Å². The number of nitrogens with one attached hydrogen (secondary N) is 2. The SMILES string of the molecule is Cc1cc(C(=O)N2Cc3cnn(C)c3Nc3ccccc32)ccc1CNC(=O)OC1CCN(CC2CC2)CC1. The van der Waals surface area contributed by atoms with Crippen molar-refractivity contribution in [2.24, 2.45) is 13.0 Å². The monoisotopic (exact) mass is 528 g/mol. The van der Waals surface area contributed by atoms with Gasteiger partial charge >= 0.3 is 6.09 Å². The molecule has 0 bridgehead atoms. The molecule has 204 valence electrons. The van der Waals surface area contributed by atoms with Gasteiger partial charge in [-0.1, -0.05) is 18.2 Å². The second kappa shape index (κ2) is 10.7. The summed E-state index contributed by atoms with van der Waals surface area (Å²) in [7, 11) is 1.89. The van der Waals surface area contributed by atoms with E-state index in [0.717, 1.165) is 65.7 Å². The van der Waals surface area contributed by atoms with Crippen molar-refractivity contribution in [3.05, 3.63) is 70.9 Å². The van der Waals surface area contributed by atoms with Crippen molar-refractivity contribution in [2.75, 3.05) is 29.9 Å². The molecule has 0 spiro atoms. The van der Waals surface area contributed by atoms with Gasteiger partial charge in [-0.25, -0.2) is 4.79 Å². The van der Waals surface area contributed by atoms with E-state index in [1.54, 1.807) is 15.8 Å². The highest BCUT2D eigenvalue weighted by atomic mass is 16.6. The van der Waals surface area contributed by atoms with Crippen LogP contribution in [0.3, 0.4) is 0 Å². The Labute approximate surface area is 229 Å². The van der Waals surface area contributed by atoms with Gasteiger partial charge in [0.15, 0.2) is 0 Å². The van der Waals surface area contributed by atoms with E-state index in [-0.39, 0.29) is 18.1 Å². The molecule has 9 heteroatoms. The van der Waals surface area contributed by atoms with Crippen molar-refractivity contribution < 1.29 is 14.3 Å². The minimum absolute atomic E-state index is 0.0205. The number of carbonyl (C=O) groups excluding carboxylic acids is 2. The number of nitrogens with zero attached hydrogens (tertiary/aromatic N) is 4. The van der Waals surface area contributed by atoms with E-state index >= 15 is 0 Å². The lowest BCUT2D eigenvalue weighted by atomic mass is 10.0. The Morgan fingerprint density at radius 1 is 1.10 bits per heavy atom. The summed E-state index contributed by atoms with van der Waals surface area (Å²) in [6.07, 6.45) is 5.92. The molecule has 2 fully saturated rings. The van der Waals surface area contributed by atoms with Crippen LogP contribution in [0.1, 0.15) is 52.7 Å². The summed E-state index contributed by atoms with van der Waals surface area (Å²) in [5, 5.41) is 10.7. The minimum atomic E-state index is -0.379. The van der Waals surface area contributed by atoms with Gasteiger partial charge in [-0.05, 0) is 73.9 Å². The molecule has 0 radical (unpaired) electrons. The van der Waals surface area contributed by atoms with Crippen LogP contribution in [0.4, 0.5) is 22.0 Å². The zero-order chi connectivity index (χ0) is 26.9. The Morgan fingerprint density at radius 2 is 1.90 bits per heavy atom. The number of carbonyl (C=O) groups is 2. The standard InChI is InChI=1S/C30H36N6O3/c1-20-15-22(29(37)36-19-24-17-32-34(2)28(24)33-26-5-3-4-6-27(26)36)9-10-23(20)16-31-30(38)39-25-11-13-35(14-12-25)18-21-7-8-21/h3-6,9-10,15,17,21,25,33H,7-8,11-14,16,18-19H2,1-2H3,(H,31,38). The molecule has 3 aliphatic rings. The molecular weight excluding hydrogens is 492 g/mol. The predicted molar refractivity (Wildman–Crippen MR) is 150 cm³/mol. The lowest BCUT2D eigenvalue weighted by molar-refractivity contribution is 0.0493. The summed E-state index contributed by atoms with van der Waals surface area (Å²) >= 11 is 0. The van der Waals surface area contributed by atoms with Gasteiger partial charge in [0.2, 0.25) is 0 Å². The average Bonchev–Trinajstić information content (AvgIpc) is 3.72. The number of hydrogen-bond donors (Lipinski definition) is 2. The Morgan fingerprint density at radius 3 is 2.67 bits per heavy atom. The van der Waals surface area contributed by atoms with Crippen LogP contribution in [-0.2, 0) is 24.9 Å². The summed E-state index contributed by atoms with van der Waals surface area (Å²) in [6.45, 7) is 5.94. The highest BCUT2D eigenvalue weighted by Crippen LogP contribution is 2.36. The second-order valence-corrected chi connectivity index (χ2v) is 11.0. The lowest BCUT2D eigenvalue weighted by Gasteiger charge is -2.31. The highest BCUT2D eigenvalue weighted by Gasteiger charge is 2.29. The molecule has 2 amide bonds. The highest BCUT2D eigenvalue weighted by molar-refractivity contribution is 6.08. The van der Waals surface area contributed by atoms with Crippen molar-refractivity contribution in [2.45, 2.75) is 51.8 Å². The molecule has 0 atom stereocenters. The third-order valence-corrected chi connectivity index (χ3v) is 8.07. The maximum absolute atomic E-state index is 13.7. The second-order valence-electron chi connectivity index (χ2n) is 11.0. The number of hydrogen-bond acceptors (Lipinski definition) is 6. The topological polar surface area (TPSA) is 91.7 Å². The molecule has 9 nitrogen and oxygen atoms in total. The molecule has 39 heavy (non-hydrogen) atoms. The van der Waals surface area contributed by atoms with Gasteiger partial charge in [0.1, 0.15) is 11.9 Å². The first-order valence-electron chi connectivity index (χ1n) is 13.9. The Bertz CT molecular complexity index is 1370. The number of likely N-dealkylation sites (tertiary alicyclic amines) is 1. The molecule has 1 aliphatic carbocycles. The molecule has 2 aromatic carbocycles. The van der Waals surface area contributed by atoms with Crippen molar-refractivity contribution in [3.63, 3.8) is 0 Å². The van der Waals surface area contributed by atoms with Crippen LogP contribution in [0.15, 0.2) is 48.7 Å². The summed E-state index contributed by atoms with van der Waals surface area (Å²) in [4.78, 5) is 30.5. The summed E-state index contributed by atoms with van der Waals surface area (Å²) in [6, 6.07) is 13.4. The van der Waals surface area contributed by atoms with Crippen LogP contribution in [0.5, 0.6) is 0 Å². The van der Waals surface area contributed by atoms with Gasteiger partial charge in [-0.2, -0.15) is 5.10 Å². The number of anilines is 3. The first kappa shape index (κ1) is 25.4. The number of rotatable bonds is 6. The molecule has 2 N–H and O–H groups in total. The van der Waals surface area contributed by atoms with Crippen LogP contribution in [-0.4, -0.2) is 52.4 Å². The number of amides is 2. The molecule has 6 rings (SSSR count). The molecule has 3 aromatic rings. The number of aromatic nitrogens is 2. The largest absolute Gasteiger partial charge is 0.446 e. The summed E-state index contributed by atoms with van der Waals surface area (Å²) < 4.78 is 7.48. The van der Waals surface area contributed by atoms with E-state index in [1.165, 1.54) is 19.4 Å². The molecule has 1 aromatic heterocycles. The van der Waals surface area contributed by atoms with Gasteiger partial charge < -0.3 is 25.2 Å². The number of benzene rings is 2. The Hall–Kier alpha value is -3.85. The maximum Gasteiger partial charge on any atom is 0.407 e. The fraction of sp³-hybridized carbons (Fsp3) is 0.433. The van der Waals surface area contributed by atoms with Crippen molar-refractivity contribution in [1.82, 2.24) is 20.0 Å². The summed E-state index contributed by atoms with van der Waals surface area (Å²) in [5.74, 6) is 1.68. The summed E-state index contributed by atoms with van der Waals surface area (Å²) in [5.41, 5.74) is 5.12. The minimum Gasteiger partial charge on any atom is -0.446 e. The van der Waals surface area contributed by atoms with Crippen molar-refractivity contribution in [3.8, 4) is 0 Å². The van der Waals surface area contributed by atoms with Gasteiger partial charge in [0, 0.05) is 44.4 Å². The number of ether oxygens (including phenoxy) is 1. The number of alkyl carbamates (subject to hydrolysis) is 1. The van der Waals surface area contributed by atoms with Crippen LogP contribution in [0.2, 0.25) is 0 Å².